The van der Waals surface area contributed by atoms with Crippen molar-refractivity contribution in [2.24, 2.45) is 0 Å². The minimum atomic E-state index is -0.468. The molecule has 0 aliphatic rings. The number of rotatable bonds is 4. The number of fused-ring (bicyclic) bond motifs is 1. The lowest BCUT2D eigenvalue weighted by Gasteiger charge is -2.19. The van der Waals surface area contributed by atoms with Gasteiger partial charge in [-0.25, -0.2) is 4.39 Å². The van der Waals surface area contributed by atoms with Crippen LogP contribution in [0, 0.1) is 31.0 Å². The van der Waals surface area contributed by atoms with Crippen LogP contribution in [-0.4, -0.2) is 0 Å². The van der Waals surface area contributed by atoms with Crippen LogP contribution in [0.15, 0.2) is 69.9 Å². The van der Waals surface area contributed by atoms with Crippen molar-refractivity contribution in [2.75, 3.05) is 5.32 Å². The third-order valence-electron chi connectivity index (χ3n) is 5.37. The van der Waals surface area contributed by atoms with E-state index in [2.05, 4.69) is 5.32 Å². The second-order valence-electron chi connectivity index (χ2n) is 7.65. The van der Waals surface area contributed by atoms with Crippen molar-refractivity contribution in [3.63, 3.8) is 0 Å². The van der Waals surface area contributed by atoms with Gasteiger partial charge in [0.1, 0.15) is 23.2 Å². The fourth-order valence-corrected chi connectivity index (χ4v) is 3.80. The van der Waals surface area contributed by atoms with E-state index >= 15 is 0 Å². The second kappa shape index (κ2) is 8.08. The molecule has 0 bridgehead atoms. The number of nitriles is 1. The van der Waals surface area contributed by atoms with Gasteiger partial charge in [-0.15, -0.1) is 0 Å². The summed E-state index contributed by atoms with van der Waals surface area (Å²) in [6.07, 6.45) is 0. The zero-order valence-electron chi connectivity index (χ0n) is 17.5. The zero-order valence-corrected chi connectivity index (χ0v) is 17.5. The Morgan fingerprint density at radius 1 is 1.06 bits per heavy atom. The van der Waals surface area contributed by atoms with Gasteiger partial charge < -0.3 is 9.73 Å². The van der Waals surface area contributed by atoms with Gasteiger partial charge in [-0.05, 0) is 50.6 Å². The summed E-state index contributed by atoms with van der Waals surface area (Å²) in [5, 5.41) is 13.1. The summed E-state index contributed by atoms with van der Waals surface area (Å²) in [7, 11) is 0. The SMILES string of the molecule is Cc1cc(C(C)Nc2ccc(F)cc2C#N)c2oc(-c3ccccc3)c(C)c(=O)c2c1. The van der Waals surface area contributed by atoms with E-state index in [9.17, 15) is 14.4 Å². The Labute approximate surface area is 179 Å². The number of aryl methyl sites for hydroxylation is 1. The average molecular weight is 412 g/mol. The Bertz CT molecular complexity index is 1380. The molecule has 0 aliphatic carbocycles. The lowest BCUT2D eigenvalue weighted by Crippen LogP contribution is -2.13. The number of nitrogens with zero attached hydrogens (tertiary/aromatic N) is 1. The highest BCUT2D eigenvalue weighted by molar-refractivity contribution is 5.84. The van der Waals surface area contributed by atoms with Crippen molar-refractivity contribution in [1.29, 1.82) is 5.26 Å². The van der Waals surface area contributed by atoms with E-state index in [1.807, 2.05) is 62.4 Å². The third kappa shape index (κ3) is 3.80. The van der Waals surface area contributed by atoms with E-state index in [0.717, 1.165) is 16.7 Å². The van der Waals surface area contributed by atoms with Crippen molar-refractivity contribution in [3.05, 3.63) is 99.0 Å². The Morgan fingerprint density at radius 3 is 2.52 bits per heavy atom. The molecule has 0 radical (unpaired) electrons. The summed E-state index contributed by atoms with van der Waals surface area (Å²) in [4.78, 5) is 13.2. The molecule has 0 spiro atoms. The Morgan fingerprint density at radius 2 is 1.81 bits per heavy atom. The van der Waals surface area contributed by atoms with E-state index < -0.39 is 5.82 Å². The normalized spacial score (nSPS) is 11.8. The molecule has 4 rings (SSSR count). The number of nitrogens with one attached hydrogen (secondary N) is 1. The molecule has 1 unspecified atom stereocenters. The first-order valence-electron chi connectivity index (χ1n) is 9.98. The fourth-order valence-electron chi connectivity index (χ4n) is 3.80. The zero-order chi connectivity index (χ0) is 22.1. The quantitative estimate of drug-likeness (QED) is 0.430. The van der Waals surface area contributed by atoms with E-state index in [1.54, 1.807) is 6.92 Å². The molecular formula is C26H21FN2O2. The maximum absolute atomic E-state index is 13.5. The maximum Gasteiger partial charge on any atom is 0.196 e. The predicted molar refractivity (Wildman–Crippen MR) is 121 cm³/mol. The van der Waals surface area contributed by atoms with Crippen LogP contribution < -0.4 is 10.7 Å². The molecule has 0 amide bonds. The number of hydrogen-bond acceptors (Lipinski definition) is 4. The Hall–Kier alpha value is -3.91. The van der Waals surface area contributed by atoms with E-state index in [4.69, 9.17) is 4.42 Å². The molecule has 0 saturated heterocycles. The standard InChI is InChI=1S/C26H21FN2O2/c1-15-11-21(17(3)29-23-10-9-20(27)13-19(23)14-28)26-22(12-15)24(30)16(2)25(31-26)18-7-5-4-6-8-18/h4-13,17,29H,1-3H3. The van der Waals surface area contributed by atoms with Crippen LogP contribution in [0.25, 0.3) is 22.3 Å². The monoisotopic (exact) mass is 412 g/mol. The average Bonchev–Trinajstić information content (AvgIpc) is 2.77. The van der Waals surface area contributed by atoms with Crippen LogP contribution in [-0.2, 0) is 0 Å². The van der Waals surface area contributed by atoms with Crippen LogP contribution in [0.2, 0.25) is 0 Å². The molecule has 0 aliphatic heterocycles. The van der Waals surface area contributed by atoms with Gasteiger partial charge in [-0.2, -0.15) is 5.26 Å². The van der Waals surface area contributed by atoms with Crippen molar-refractivity contribution in [2.45, 2.75) is 26.8 Å². The summed E-state index contributed by atoms with van der Waals surface area (Å²) >= 11 is 0. The van der Waals surface area contributed by atoms with Gasteiger partial charge in [0.25, 0.3) is 0 Å². The Balaban J connectivity index is 1.89. The highest BCUT2D eigenvalue weighted by Gasteiger charge is 2.19. The molecule has 4 aromatic rings. The Kier molecular flexibility index (Phi) is 5.31. The molecule has 4 nitrogen and oxygen atoms in total. The first-order valence-corrected chi connectivity index (χ1v) is 9.98. The highest BCUT2D eigenvalue weighted by Crippen LogP contribution is 2.32. The number of halogens is 1. The lowest BCUT2D eigenvalue weighted by atomic mass is 9.98. The molecule has 154 valence electrons. The summed E-state index contributed by atoms with van der Waals surface area (Å²) in [5.74, 6) is 0.0691. The van der Waals surface area contributed by atoms with Gasteiger partial charge in [0, 0.05) is 16.7 Å². The minimum absolute atomic E-state index is 0.0725. The maximum atomic E-state index is 13.5. The minimum Gasteiger partial charge on any atom is -0.455 e. The predicted octanol–water partition coefficient (Wildman–Crippen LogP) is 6.26. The second-order valence-corrected chi connectivity index (χ2v) is 7.65. The molecule has 1 N–H and O–H groups in total. The number of anilines is 1. The van der Waals surface area contributed by atoms with Crippen LogP contribution in [0.1, 0.15) is 35.2 Å². The summed E-state index contributed by atoms with van der Waals surface area (Å²) in [5.41, 5.74) is 4.26. The van der Waals surface area contributed by atoms with Gasteiger partial charge >= 0.3 is 0 Å². The van der Waals surface area contributed by atoms with Gasteiger partial charge in [0.15, 0.2) is 5.43 Å². The van der Waals surface area contributed by atoms with Crippen molar-refractivity contribution in [1.82, 2.24) is 0 Å². The first-order chi connectivity index (χ1) is 14.9. The number of benzene rings is 3. The fraction of sp³-hybridized carbons (Fsp3) is 0.154. The van der Waals surface area contributed by atoms with Crippen LogP contribution in [0.4, 0.5) is 10.1 Å². The lowest BCUT2D eigenvalue weighted by molar-refractivity contribution is 0.605. The molecule has 5 heteroatoms. The van der Waals surface area contributed by atoms with Crippen LogP contribution in [0.5, 0.6) is 0 Å². The topological polar surface area (TPSA) is 66.0 Å². The van der Waals surface area contributed by atoms with Crippen molar-refractivity contribution < 1.29 is 8.81 Å². The van der Waals surface area contributed by atoms with Crippen molar-refractivity contribution >= 4 is 16.7 Å². The summed E-state index contributed by atoms with van der Waals surface area (Å²) < 4.78 is 19.8. The summed E-state index contributed by atoms with van der Waals surface area (Å²) in [6.45, 7) is 5.61. The molecule has 3 aromatic carbocycles. The van der Waals surface area contributed by atoms with Gasteiger partial charge in [-0.3, -0.25) is 4.79 Å². The molecule has 0 fully saturated rings. The molecule has 1 aromatic heterocycles. The first kappa shape index (κ1) is 20.4. The molecular weight excluding hydrogens is 391 g/mol. The molecule has 0 saturated carbocycles. The van der Waals surface area contributed by atoms with E-state index in [1.165, 1.54) is 18.2 Å². The molecule has 1 atom stereocenters. The third-order valence-corrected chi connectivity index (χ3v) is 5.37. The van der Waals surface area contributed by atoms with Crippen molar-refractivity contribution in [3.8, 4) is 17.4 Å². The number of hydrogen-bond donors (Lipinski definition) is 1. The van der Waals surface area contributed by atoms with Gasteiger partial charge in [-0.1, -0.05) is 36.4 Å². The van der Waals surface area contributed by atoms with Gasteiger partial charge in [0.2, 0.25) is 0 Å². The highest BCUT2D eigenvalue weighted by atomic mass is 19.1. The van der Waals surface area contributed by atoms with Crippen LogP contribution in [0.3, 0.4) is 0 Å². The molecule has 1 heterocycles. The van der Waals surface area contributed by atoms with Gasteiger partial charge in [0.05, 0.1) is 22.7 Å². The van der Waals surface area contributed by atoms with Crippen LogP contribution >= 0.6 is 0 Å². The van der Waals surface area contributed by atoms with E-state index in [0.29, 0.717) is 28.0 Å². The van der Waals surface area contributed by atoms with E-state index in [-0.39, 0.29) is 17.0 Å². The summed E-state index contributed by atoms with van der Waals surface area (Å²) in [6, 6.07) is 19.1. The smallest absolute Gasteiger partial charge is 0.196 e. The molecule has 31 heavy (non-hydrogen) atoms. The largest absolute Gasteiger partial charge is 0.455 e.